The molecule has 1 fully saturated rings. The maximum atomic E-state index is 12.8. The molecule has 0 aromatic carbocycles. The Bertz CT molecular complexity index is 906. The Morgan fingerprint density at radius 3 is 2.59 bits per heavy atom. The molecule has 0 spiro atoms. The highest BCUT2D eigenvalue weighted by Gasteiger charge is 2.41. The molecule has 0 radical (unpaired) electrons. The van der Waals surface area contributed by atoms with Crippen molar-refractivity contribution < 1.29 is 14.4 Å². The van der Waals surface area contributed by atoms with Crippen molar-refractivity contribution in [1.82, 2.24) is 14.8 Å². The Hall–Kier alpha value is -2.61. The van der Waals surface area contributed by atoms with Gasteiger partial charge in [-0.3, -0.25) is 14.5 Å². The number of amides is 4. The van der Waals surface area contributed by atoms with E-state index in [0.29, 0.717) is 36.5 Å². The standard InChI is InChI=1S/C19H20N4O3S/c1-11-16(27-12(2)20-11)18(25)22-9-7-13(8-10-22)23-17(24)14-5-3-4-6-15(14)21-19(23)26/h3-6,13-14H,7-10H2,1-2H3. The van der Waals surface area contributed by atoms with E-state index in [-0.39, 0.29) is 17.9 Å². The van der Waals surface area contributed by atoms with Crippen molar-refractivity contribution in [3.63, 3.8) is 0 Å². The Kier molecular flexibility index (Phi) is 4.51. The van der Waals surface area contributed by atoms with Gasteiger partial charge in [0.1, 0.15) is 4.88 Å². The summed E-state index contributed by atoms with van der Waals surface area (Å²) in [5, 5.41) is 0.874. The number of carbonyl (C=O) groups is 3. The number of aliphatic imine (C=N–C) groups is 1. The first kappa shape index (κ1) is 17.8. The molecule has 0 saturated carbocycles. The summed E-state index contributed by atoms with van der Waals surface area (Å²) in [5.74, 6) is -0.715. The van der Waals surface area contributed by atoms with Gasteiger partial charge < -0.3 is 4.90 Å². The molecule has 1 aliphatic carbocycles. The van der Waals surface area contributed by atoms with Gasteiger partial charge in [0.15, 0.2) is 0 Å². The van der Waals surface area contributed by atoms with Crippen molar-refractivity contribution in [3.05, 3.63) is 39.9 Å². The smallest absolute Gasteiger partial charge is 0.338 e. The molecule has 0 N–H and O–H groups in total. The van der Waals surface area contributed by atoms with Gasteiger partial charge in [0.05, 0.1) is 22.3 Å². The van der Waals surface area contributed by atoms with E-state index in [1.54, 1.807) is 29.2 Å². The Labute approximate surface area is 161 Å². The molecule has 3 aliphatic rings. The molecule has 1 atom stereocenters. The van der Waals surface area contributed by atoms with Crippen LogP contribution >= 0.6 is 11.3 Å². The summed E-state index contributed by atoms with van der Waals surface area (Å²) in [6.45, 7) is 4.75. The molecule has 4 amide bonds. The molecule has 7 nitrogen and oxygen atoms in total. The largest absolute Gasteiger partial charge is 0.350 e. The average Bonchev–Trinajstić information content (AvgIpc) is 3.00. The van der Waals surface area contributed by atoms with Crippen molar-refractivity contribution >= 4 is 34.9 Å². The van der Waals surface area contributed by atoms with Crippen LogP contribution in [0.4, 0.5) is 4.79 Å². The van der Waals surface area contributed by atoms with Gasteiger partial charge in [-0.1, -0.05) is 18.2 Å². The third-order valence-corrected chi connectivity index (χ3v) is 6.21. The highest BCUT2D eigenvalue weighted by molar-refractivity contribution is 7.13. The van der Waals surface area contributed by atoms with Gasteiger partial charge in [-0.25, -0.2) is 9.78 Å². The van der Waals surface area contributed by atoms with Gasteiger partial charge in [0, 0.05) is 19.1 Å². The number of imide groups is 1. The number of carbonyl (C=O) groups excluding carboxylic acids is 3. The number of hydrogen-bond acceptors (Lipinski definition) is 5. The fourth-order valence-electron chi connectivity index (χ4n) is 3.79. The molecule has 0 bridgehead atoms. The number of likely N-dealkylation sites (tertiary alicyclic amines) is 1. The normalized spacial score (nSPS) is 22.9. The molecule has 140 valence electrons. The first-order valence-corrected chi connectivity index (χ1v) is 9.81. The monoisotopic (exact) mass is 384 g/mol. The number of rotatable bonds is 2. The van der Waals surface area contributed by atoms with Crippen LogP contribution in [-0.2, 0) is 4.79 Å². The Morgan fingerprint density at radius 2 is 1.93 bits per heavy atom. The summed E-state index contributed by atoms with van der Waals surface area (Å²) in [6.07, 6.45) is 8.19. The number of thiazole rings is 1. The van der Waals surface area contributed by atoms with Crippen LogP contribution in [0.3, 0.4) is 0 Å². The van der Waals surface area contributed by atoms with Crippen LogP contribution in [0.5, 0.6) is 0 Å². The lowest BCUT2D eigenvalue weighted by Crippen LogP contribution is -2.54. The molecule has 1 aromatic heterocycles. The highest BCUT2D eigenvalue weighted by atomic mass is 32.1. The predicted molar refractivity (Wildman–Crippen MR) is 102 cm³/mol. The number of urea groups is 1. The summed E-state index contributed by atoms with van der Waals surface area (Å²) in [6, 6.07) is -0.715. The van der Waals surface area contributed by atoms with Crippen LogP contribution in [-0.4, -0.2) is 57.5 Å². The van der Waals surface area contributed by atoms with Gasteiger partial charge in [-0.2, -0.15) is 4.99 Å². The minimum Gasteiger partial charge on any atom is -0.338 e. The number of hydrogen-bond donors (Lipinski definition) is 0. The molecule has 4 rings (SSSR count). The van der Waals surface area contributed by atoms with Crippen molar-refractivity contribution in [3.8, 4) is 0 Å². The minimum absolute atomic E-state index is 0.0199. The van der Waals surface area contributed by atoms with E-state index in [2.05, 4.69) is 9.98 Å². The van der Waals surface area contributed by atoms with Gasteiger partial charge in [-0.15, -0.1) is 11.3 Å². The van der Waals surface area contributed by atoms with Crippen molar-refractivity contribution in [2.75, 3.05) is 13.1 Å². The van der Waals surface area contributed by atoms with Gasteiger partial charge in [-0.05, 0) is 32.8 Å². The van der Waals surface area contributed by atoms with Crippen LogP contribution in [0, 0.1) is 19.8 Å². The summed E-state index contributed by atoms with van der Waals surface area (Å²) in [5.41, 5.74) is 1.26. The van der Waals surface area contributed by atoms with Crippen LogP contribution in [0.1, 0.15) is 33.2 Å². The SMILES string of the molecule is Cc1nc(C)c(C(=O)N2CCC(N3C(=O)N=C4C=CC=CC4C3=O)CC2)s1. The summed E-state index contributed by atoms with van der Waals surface area (Å²) in [7, 11) is 0. The van der Waals surface area contributed by atoms with Gasteiger partial charge >= 0.3 is 6.03 Å². The molecular weight excluding hydrogens is 364 g/mol. The second kappa shape index (κ2) is 6.84. The van der Waals surface area contributed by atoms with Gasteiger partial charge in [0.2, 0.25) is 5.91 Å². The number of fused-ring (bicyclic) bond motifs is 1. The average molecular weight is 384 g/mol. The lowest BCUT2D eigenvalue weighted by molar-refractivity contribution is -0.131. The first-order valence-electron chi connectivity index (χ1n) is 8.99. The quantitative estimate of drug-likeness (QED) is 0.784. The van der Waals surface area contributed by atoms with Crippen LogP contribution < -0.4 is 0 Å². The molecule has 1 aromatic rings. The lowest BCUT2D eigenvalue weighted by Gasteiger charge is -2.39. The fraction of sp³-hybridized carbons (Fsp3) is 0.421. The third kappa shape index (κ3) is 3.14. The number of allylic oxidation sites excluding steroid dienone is 3. The first-order chi connectivity index (χ1) is 13.0. The minimum atomic E-state index is -0.495. The second-order valence-corrected chi connectivity index (χ2v) is 8.12. The predicted octanol–water partition coefficient (Wildman–Crippen LogP) is 2.51. The van der Waals surface area contributed by atoms with E-state index in [4.69, 9.17) is 0 Å². The number of aryl methyl sites for hydroxylation is 2. The third-order valence-electron chi connectivity index (χ3n) is 5.15. The molecular formula is C19H20N4O3S. The van der Waals surface area contributed by atoms with E-state index in [1.807, 2.05) is 13.8 Å². The molecule has 27 heavy (non-hydrogen) atoms. The fourth-order valence-corrected chi connectivity index (χ4v) is 4.68. The Balaban J connectivity index is 1.46. The van der Waals surface area contributed by atoms with E-state index in [1.165, 1.54) is 16.2 Å². The second-order valence-electron chi connectivity index (χ2n) is 6.92. The lowest BCUT2D eigenvalue weighted by atomic mass is 9.93. The zero-order valence-electron chi connectivity index (χ0n) is 15.2. The molecule has 3 heterocycles. The zero-order chi connectivity index (χ0) is 19.1. The Morgan fingerprint density at radius 1 is 1.19 bits per heavy atom. The van der Waals surface area contributed by atoms with Crippen LogP contribution in [0.15, 0.2) is 29.3 Å². The van der Waals surface area contributed by atoms with Crippen LogP contribution in [0.25, 0.3) is 0 Å². The van der Waals surface area contributed by atoms with Crippen molar-refractivity contribution in [1.29, 1.82) is 0 Å². The van der Waals surface area contributed by atoms with E-state index < -0.39 is 11.9 Å². The van der Waals surface area contributed by atoms with Crippen LogP contribution in [0.2, 0.25) is 0 Å². The van der Waals surface area contributed by atoms with E-state index in [0.717, 1.165) is 10.7 Å². The molecule has 1 saturated heterocycles. The van der Waals surface area contributed by atoms with E-state index >= 15 is 0 Å². The number of piperidine rings is 1. The number of aromatic nitrogens is 1. The molecule has 1 unspecified atom stereocenters. The maximum absolute atomic E-state index is 12.8. The van der Waals surface area contributed by atoms with Crippen molar-refractivity contribution in [2.45, 2.75) is 32.7 Å². The summed E-state index contributed by atoms with van der Waals surface area (Å²) >= 11 is 1.41. The van der Waals surface area contributed by atoms with E-state index in [9.17, 15) is 14.4 Å². The molecule has 8 heteroatoms. The topological polar surface area (TPSA) is 82.9 Å². The zero-order valence-corrected chi connectivity index (χ0v) is 16.0. The summed E-state index contributed by atoms with van der Waals surface area (Å²) in [4.78, 5) is 50.1. The van der Waals surface area contributed by atoms with Crippen molar-refractivity contribution in [2.24, 2.45) is 10.9 Å². The maximum Gasteiger partial charge on any atom is 0.350 e. The summed E-state index contributed by atoms with van der Waals surface area (Å²) < 4.78 is 0. The highest BCUT2D eigenvalue weighted by Crippen LogP contribution is 2.27. The van der Waals surface area contributed by atoms with Gasteiger partial charge in [0.25, 0.3) is 5.91 Å². The number of nitrogens with zero attached hydrogens (tertiary/aromatic N) is 4. The molecule has 2 aliphatic heterocycles.